The minimum Gasteiger partial charge on any atom is -0.333 e. The molecule has 0 radical (unpaired) electrons. The van der Waals surface area contributed by atoms with Crippen LogP contribution in [0.3, 0.4) is 0 Å². The van der Waals surface area contributed by atoms with Gasteiger partial charge in [0.05, 0.1) is 11.0 Å². The fourth-order valence-corrected chi connectivity index (χ4v) is 8.83. The molecule has 1 atom stereocenters. The SMILES string of the molecule is CN1C(c2ccccc2)=NC(c2ccccc2)=NC1c1ccc(-n2c3ccccc3c3cc(-c4cccc5c4sc4ccccc45)ccc32)cc1. The molecule has 10 rings (SSSR count). The average Bonchev–Trinajstić information content (AvgIpc) is 3.74. The monoisotopic (exact) mass is 672 g/mol. The van der Waals surface area contributed by atoms with Crippen LogP contribution < -0.4 is 0 Å². The van der Waals surface area contributed by atoms with Gasteiger partial charge in [-0.15, -0.1) is 11.3 Å². The number of thiophene rings is 1. The first-order valence-electron chi connectivity index (χ1n) is 17.3. The molecule has 0 bridgehead atoms. The van der Waals surface area contributed by atoms with Crippen molar-refractivity contribution in [1.82, 2.24) is 9.47 Å². The molecule has 51 heavy (non-hydrogen) atoms. The Kier molecular flexibility index (Phi) is 6.93. The third-order valence-corrected chi connectivity index (χ3v) is 11.3. The zero-order chi connectivity index (χ0) is 33.9. The summed E-state index contributed by atoms with van der Waals surface area (Å²) in [6.45, 7) is 0. The Morgan fingerprint density at radius 3 is 2.00 bits per heavy atom. The quantitative estimate of drug-likeness (QED) is 0.179. The first kappa shape index (κ1) is 29.6. The van der Waals surface area contributed by atoms with E-state index in [2.05, 4.69) is 162 Å². The lowest BCUT2D eigenvalue weighted by atomic mass is 10.0. The first-order valence-corrected chi connectivity index (χ1v) is 18.1. The summed E-state index contributed by atoms with van der Waals surface area (Å²) in [5.41, 5.74) is 9.20. The maximum absolute atomic E-state index is 5.19. The molecule has 4 nitrogen and oxygen atoms in total. The van der Waals surface area contributed by atoms with E-state index in [1.54, 1.807) is 0 Å². The van der Waals surface area contributed by atoms with Crippen LogP contribution in [0.2, 0.25) is 0 Å². The minimum atomic E-state index is -0.223. The van der Waals surface area contributed by atoms with Crippen LogP contribution in [0.4, 0.5) is 0 Å². The van der Waals surface area contributed by atoms with E-state index in [0.717, 1.165) is 34.0 Å². The summed E-state index contributed by atoms with van der Waals surface area (Å²) in [5, 5.41) is 5.14. The van der Waals surface area contributed by atoms with Crippen LogP contribution >= 0.6 is 11.3 Å². The summed E-state index contributed by atoms with van der Waals surface area (Å²) in [6, 6.07) is 60.6. The van der Waals surface area contributed by atoms with Crippen molar-refractivity contribution in [3.63, 3.8) is 0 Å². The summed E-state index contributed by atoms with van der Waals surface area (Å²) < 4.78 is 5.05. The number of aliphatic imine (C=N–C) groups is 2. The number of hydrogen-bond donors (Lipinski definition) is 0. The average molecular weight is 673 g/mol. The molecule has 9 aromatic rings. The molecule has 0 saturated heterocycles. The second-order valence-electron chi connectivity index (χ2n) is 13.1. The van der Waals surface area contributed by atoms with E-state index in [1.165, 1.54) is 53.1 Å². The molecular formula is C46H32N4S. The number of para-hydroxylation sites is 1. The van der Waals surface area contributed by atoms with Crippen molar-refractivity contribution in [3.05, 3.63) is 187 Å². The lowest BCUT2D eigenvalue weighted by Gasteiger charge is -2.32. The third-order valence-electron chi connectivity index (χ3n) is 10.1. The molecule has 0 fully saturated rings. The summed E-state index contributed by atoms with van der Waals surface area (Å²) in [7, 11) is 2.08. The van der Waals surface area contributed by atoms with Crippen molar-refractivity contribution in [2.75, 3.05) is 7.05 Å². The van der Waals surface area contributed by atoms with Gasteiger partial charge in [-0.3, -0.25) is 0 Å². The van der Waals surface area contributed by atoms with Crippen LogP contribution in [0.5, 0.6) is 0 Å². The van der Waals surface area contributed by atoms with Crippen LogP contribution in [0, 0.1) is 0 Å². The second-order valence-corrected chi connectivity index (χ2v) is 14.1. The van der Waals surface area contributed by atoms with E-state index in [9.17, 15) is 0 Å². The van der Waals surface area contributed by atoms with Gasteiger partial charge in [-0.2, -0.15) is 0 Å². The second kappa shape index (κ2) is 11.9. The highest BCUT2D eigenvalue weighted by atomic mass is 32.1. The molecule has 1 unspecified atom stereocenters. The molecule has 0 amide bonds. The highest BCUT2D eigenvalue weighted by Gasteiger charge is 2.27. The molecule has 7 aromatic carbocycles. The fraction of sp³-hybridized carbons (Fsp3) is 0.0435. The Hall–Kier alpha value is -6.30. The van der Waals surface area contributed by atoms with E-state index >= 15 is 0 Å². The van der Waals surface area contributed by atoms with Gasteiger partial charge in [0.1, 0.15) is 12.0 Å². The lowest BCUT2D eigenvalue weighted by Crippen LogP contribution is -2.35. The predicted octanol–water partition coefficient (Wildman–Crippen LogP) is 11.7. The predicted molar refractivity (Wildman–Crippen MR) is 216 cm³/mol. The van der Waals surface area contributed by atoms with E-state index in [1.807, 2.05) is 35.6 Å². The van der Waals surface area contributed by atoms with Crippen LogP contribution in [-0.4, -0.2) is 28.2 Å². The molecule has 5 heteroatoms. The Labute approximate surface area is 299 Å². The van der Waals surface area contributed by atoms with Gasteiger partial charge in [-0.1, -0.05) is 133 Å². The van der Waals surface area contributed by atoms with E-state index in [0.29, 0.717) is 0 Å². The molecule has 0 N–H and O–H groups in total. The smallest absolute Gasteiger partial charge is 0.159 e. The molecule has 1 aliphatic rings. The molecule has 1 aliphatic heterocycles. The topological polar surface area (TPSA) is 32.9 Å². The van der Waals surface area contributed by atoms with Crippen molar-refractivity contribution in [2.45, 2.75) is 6.17 Å². The van der Waals surface area contributed by atoms with Crippen LogP contribution in [-0.2, 0) is 0 Å². The molecular weight excluding hydrogens is 641 g/mol. The van der Waals surface area contributed by atoms with E-state index in [4.69, 9.17) is 9.98 Å². The number of aromatic nitrogens is 1. The zero-order valence-electron chi connectivity index (χ0n) is 27.9. The van der Waals surface area contributed by atoms with Gasteiger partial charge in [-0.05, 0) is 53.1 Å². The highest BCUT2D eigenvalue weighted by molar-refractivity contribution is 7.26. The Bertz CT molecular complexity index is 2810. The molecule has 3 heterocycles. The van der Waals surface area contributed by atoms with Gasteiger partial charge in [0.15, 0.2) is 5.84 Å². The normalized spacial score (nSPS) is 14.8. The molecule has 0 spiro atoms. The van der Waals surface area contributed by atoms with Crippen LogP contribution in [0.25, 0.3) is 58.8 Å². The number of amidine groups is 2. The standard InChI is InChI=1S/C46H32N4S/c1-49-45(31-15-6-3-7-16-31)47-44(30-13-4-2-5-14-30)48-46(49)32-23-26-34(27-24-32)50-40-21-10-8-17-36(40)39-29-33(25-28-41(39)50)35-19-12-20-38-37-18-9-11-22-42(37)51-43(35)38/h2-29,46H,1H3. The lowest BCUT2D eigenvalue weighted by molar-refractivity contribution is 0.383. The van der Waals surface area contributed by atoms with E-state index < -0.39 is 0 Å². The van der Waals surface area contributed by atoms with Gasteiger partial charge in [0, 0.05) is 54.8 Å². The molecule has 2 aromatic heterocycles. The number of benzene rings is 7. The van der Waals surface area contributed by atoms with Crippen molar-refractivity contribution in [2.24, 2.45) is 9.98 Å². The largest absolute Gasteiger partial charge is 0.333 e. The molecule has 0 aliphatic carbocycles. The van der Waals surface area contributed by atoms with Crippen LogP contribution in [0.1, 0.15) is 22.9 Å². The van der Waals surface area contributed by atoms with E-state index in [-0.39, 0.29) is 6.17 Å². The summed E-state index contributed by atoms with van der Waals surface area (Å²) in [6.07, 6.45) is -0.223. The van der Waals surface area contributed by atoms with Crippen molar-refractivity contribution >= 4 is 65.0 Å². The van der Waals surface area contributed by atoms with Crippen molar-refractivity contribution < 1.29 is 0 Å². The van der Waals surface area contributed by atoms with Gasteiger partial charge in [0.25, 0.3) is 0 Å². The van der Waals surface area contributed by atoms with Gasteiger partial charge >= 0.3 is 0 Å². The van der Waals surface area contributed by atoms with Crippen molar-refractivity contribution in [3.8, 4) is 16.8 Å². The minimum absolute atomic E-state index is 0.223. The summed E-state index contributed by atoms with van der Waals surface area (Å²) >= 11 is 1.88. The Balaban J connectivity index is 1.07. The summed E-state index contributed by atoms with van der Waals surface area (Å²) in [5.74, 6) is 1.65. The number of hydrogen-bond acceptors (Lipinski definition) is 4. The number of nitrogens with zero attached hydrogens (tertiary/aromatic N) is 4. The van der Waals surface area contributed by atoms with Gasteiger partial charge in [-0.25, -0.2) is 9.98 Å². The first-order chi connectivity index (χ1) is 25.2. The van der Waals surface area contributed by atoms with Crippen LogP contribution in [0.15, 0.2) is 180 Å². The highest BCUT2D eigenvalue weighted by Crippen LogP contribution is 2.42. The third kappa shape index (κ3) is 4.89. The van der Waals surface area contributed by atoms with Gasteiger partial charge in [0.2, 0.25) is 0 Å². The van der Waals surface area contributed by atoms with Crippen molar-refractivity contribution in [1.29, 1.82) is 0 Å². The Morgan fingerprint density at radius 1 is 0.529 bits per heavy atom. The maximum Gasteiger partial charge on any atom is 0.159 e. The Morgan fingerprint density at radius 2 is 1.20 bits per heavy atom. The number of fused-ring (bicyclic) bond motifs is 6. The van der Waals surface area contributed by atoms with Gasteiger partial charge < -0.3 is 9.47 Å². The zero-order valence-corrected chi connectivity index (χ0v) is 28.8. The number of rotatable bonds is 5. The molecule has 242 valence electrons. The maximum atomic E-state index is 5.19. The fourth-order valence-electron chi connectivity index (χ4n) is 7.59. The summed E-state index contributed by atoms with van der Waals surface area (Å²) in [4.78, 5) is 12.4. The molecule has 0 saturated carbocycles.